The third-order valence-electron chi connectivity index (χ3n) is 17.3. The molecule has 0 aromatic heterocycles. The number of ether oxygens (including phenoxy) is 2. The highest BCUT2D eigenvalue weighted by Crippen LogP contribution is 2.38. The number of likely N-dealkylation sites (tertiary alicyclic amines) is 4. The van der Waals surface area contributed by atoms with E-state index in [2.05, 4.69) is 92.4 Å². The number of benzene rings is 6. The Morgan fingerprint density at radius 1 is 0.389 bits per heavy atom. The molecule has 4 amide bonds. The molecule has 72 heavy (non-hydrogen) atoms. The Labute approximate surface area is 422 Å². The van der Waals surface area contributed by atoms with Crippen LogP contribution in [-0.2, 0) is 19.1 Å². The molecule has 12 nitrogen and oxygen atoms in total. The zero-order valence-corrected chi connectivity index (χ0v) is 41.7. The number of hydrogen-bond donors (Lipinski definition) is 0. The van der Waals surface area contributed by atoms with Gasteiger partial charge in [-0.3, -0.25) is 29.0 Å². The van der Waals surface area contributed by atoms with E-state index in [1.54, 1.807) is 0 Å². The van der Waals surface area contributed by atoms with Crippen LogP contribution >= 0.6 is 0 Å². The Bertz CT molecular complexity index is 2820. The molecule has 12 heteroatoms. The Morgan fingerprint density at radius 2 is 0.778 bits per heavy atom. The largest absolute Gasteiger partial charge is 0.378 e. The lowest BCUT2D eigenvalue weighted by molar-refractivity contribution is -0.142. The van der Waals surface area contributed by atoms with Gasteiger partial charge >= 0.3 is 0 Å². The van der Waals surface area contributed by atoms with Gasteiger partial charge in [0.2, 0.25) is 11.8 Å². The molecule has 0 spiro atoms. The van der Waals surface area contributed by atoms with Crippen LogP contribution in [0.5, 0.6) is 0 Å². The van der Waals surface area contributed by atoms with Crippen molar-refractivity contribution in [1.29, 1.82) is 0 Å². The van der Waals surface area contributed by atoms with Crippen LogP contribution in [0.2, 0.25) is 0 Å². The maximum absolute atomic E-state index is 14.8. The fraction of sp³-hybridized carbons (Fsp3) is 0.467. The summed E-state index contributed by atoms with van der Waals surface area (Å²) in [6.45, 7) is 11.7. The average Bonchev–Trinajstić information content (AvgIpc) is 3.45. The lowest BCUT2D eigenvalue weighted by Crippen LogP contribution is -2.53. The minimum absolute atomic E-state index is 0.0413. The van der Waals surface area contributed by atoms with E-state index in [-0.39, 0.29) is 35.5 Å². The van der Waals surface area contributed by atoms with Gasteiger partial charge in [-0.2, -0.15) is 0 Å². The number of carbonyl (C=O) groups is 4. The van der Waals surface area contributed by atoms with Crippen molar-refractivity contribution in [2.75, 3.05) is 105 Å². The molecule has 6 fully saturated rings. The van der Waals surface area contributed by atoms with E-state index < -0.39 is 0 Å². The zero-order valence-electron chi connectivity index (χ0n) is 41.7. The van der Waals surface area contributed by atoms with Crippen LogP contribution in [0.3, 0.4) is 0 Å². The summed E-state index contributed by atoms with van der Waals surface area (Å²) < 4.78 is 11.0. The van der Waals surface area contributed by atoms with E-state index in [4.69, 9.17) is 9.47 Å². The lowest BCUT2D eigenvalue weighted by Gasteiger charge is -2.43. The summed E-state index contributed by atoms with van der Waals surface area (Å²) in [6, 6.07) is 34.7. The predicted molar refractivity (Wildman–Crippen MR) is 283 cm³/mol. The molecule has 2 atom stereocenters. The third-order valence-corrected chi connectivity index (χ3v) is 17.3. The SMILES string of the molecule is O=C(c1c2ccccc2cc2cc(-c3ccc4c(C(=O)N5CCC(N6CCC[C@@H](C(=O)N7CCOCC7)C6)CC5)c5ccccc5cc4c3)ccc12)N1CCC(N2CCCC(C(=O)N3CCOCC3)C2)CC1. The van der Waals surface area contributed by atoms with Crippen LogP contribution in [0.25, 0.3) is 54.2 Å². The van der Waals surface area contributed by atoms with Gasteiger partial charge in [-0.25, -0.2) is 0 Å². The van der Waals surface area contributed by atoms with Gasteiger partial charge in [-0.15, -0.1) is 0 Å². The third kappa shape index (κ3) is 9.24. The van der Waals surface area contributed by atoms with Gasteiger partial charge in [0.05, 0.1) is 49.4 Å². The van der Waals surface area contributed by atoms with Crippen molar-refractivity contribution < 1.29 is 28.7 Å². The zero-order chi connectivity index (χ0) is 48.7. The first kappa shape index (κ1) is 47.1. The average molecular weight is 969 g/mol. The fourth-order valence-corrected chi connectivity index (χ4v) is 13.3. The van der Waals surface area contributed by atoms with Crippen LogP contribution in [0.1, 0.15) is 72.1 Å². The molecular formula is C60H68N6O6. The molecular weight excluding hydrogens is 901 g/mol. The van der Waals surface area contributed by atoms with Crippen molar-refractivity contribution in [2.45, 2.75) is 63.5 Å². The molecule has 1 unspecified atom stereocenters. The molecule has 6 aliphatic heterocycles. The van der Waals surface area contributed by atoms with Crippen molar-refractivity contribution in [3.05, 3.63) is 108 Å². The standard InChI is InChI=1S/C60H68N6O6/c67-57(63-27-31-71-32-28-63)45-9-5-21-65(39-45)49-17-23-61(24-18-49)59(69)55-51-11-3-1-7-43(51)37-47-35-41(13-15-53(47)55)42-14-16-54-48(36-42)38-44-8-2-4-12-52(44)56(54)60(70)62-25-19-50(20-26-62)66-22-6-10-46(40-66)58(68)64-29-33-72-34-30-64/h1-4,7-8,11-16,35-38,45-46,49-50H,5-6,9-10,17-34,39-40H2/t45-,46?/m1/s1. The second-order valence-corrected chi connectivity index (χ2v) is 21.4. The molecule has 6 aliphatic rings. The first-order valence-corrected chi connectivity index (χ1v) is 27.1. The fourth-order valence-electron chi connectivity index (χ4n) is 13.3. The molecule has 12 rings (SSSR count). The van der Waals surface area contributed by atoms with Crippen LogP contribution in [-0.4, -0.2) is 170 Å². The minimum Gasteiger partial charge on any atom is -0.378 e. The number of fused-ring (bicyclic) bond motifs is 4. The van der Waals surface area contributed by atoms with Gasteiger partial charge in [0.1, 0.15) is 0 Å². The van der Waals surface area contributed by atoms with Gasteiger partial charge in [0, 0.05) is 77.5 Å². The Hall–Kier alpha value is -5.92. The van der Waals surface area contributed by atoms with E-state index in [1.165, 1.54) is 0 Å². The summed E-state index contributed by atoms with van der Waals surface area (Å²) in [6.07, 6.45) is 7.57. The molecule has 6 heterocycles. The maximum Gasteiger partial charge on any atom is 0.255 e. The minimum atomic E-state index is 0.0413. The van der Waals surface area contributed by atoms with Gasteiger partial charge in [0.25, 0.3) is 11.8 Å². The highest BCUT2D eigenvalue weighted by Gasteiger charge is 2.37. The first-order chi connectivity index (χ1) is 35.3. The summed E-state index contributed by atoms with van der Waals surface area (Å²) in [5.41, 5.74) is 3.64. The Morgan fingerprint density at radius 3 is 1.19 bits per heavy atom. The van der Waals surface area contributed by atoms with Gasteiger partial charge < -0.3 is 29.1 Å². The summed E-state index contributed by atoms with van der Waals surface area (Å²) in [4.78, 5) is 69.7. The molecule has 0 saturated carbocycles. The van der Waals surface area contributed by atoms with E-state index in [0.29, 0.717) is 90.9 Å². The van der Waals surface area contributed by atoms with E-state index >= 15 is 0 Å². The van der Waals surface area contributed by atoms with E-state index in [1.807, 2.05) is 34.1 Å². The first-order valence-electron chi connectivity index (χ1n) is 27.1. The Balaban J connectivity index is 0.762. The molecule has 0 bridgehead atoms. The summed E-state index contributed by atoms with van der Waals surface area (Å²) >= 11 is 0. The number of piperidine rings is 4. The summed E-state index contributed by atoms with van der Waals surface area (Å²) in [5.74, 6) is 0.804. The van der Waals surface area contributed by atoms with Crippen molar-refractivity contribution in [1.82, 2.24) is 29.4 Å². The molecule has 0 aliphatic carbocycles. The molecule has 374 valence electrons. The highest BCUT2D eigenvalue weighted by atomic mass is 16.5. The second kappa shape index (κ2) is 20.5. The van der Waals surface area contributed by atoms with E-state index in [0.717, 1.165) is 143 Å². The van der Waals surface area contributed by atoms with Crippen molar-refractivity contribution in [3.63, 3.8) is 0 Å². The van der Waals surface area contributed by atoms with Crippen LogP contribution < -0.4 is 0 Å². The maximum atomic E-state index is 14.8. The molecule has 6 aromatic carbocycles. The molecule has 0 N–H and O–H groups in total. The van der Waals surface area contributed by atoms with Gasteiger partial charge in [0.15, 0.2) is 0 Å². The van der Waals surface area contributed by atoms with Crippen LogP contribution in [0.4, 0.5) is 0 Å². The quantitative estimate of drug-likeness (QED) is 0.147. The molecule has 6 saturated heterocycles. The van der Waals surface area contributed by atoms with Gasteiger partial charge in [-0.05, 0) is 143 Å². The number of carbonyl (C=O) groups excluding carboxylic acids is 4. The predicted octanol–water partition coefficient (Wildman–Crippen LogP) is 8.32. The highest BCUT2D eigenvalue weighted by molar-refractivity contribution is 6.20. The number of rotatable bonds is 7. The molecule has 6 aromatic rings. The van der Waals surface area contributed by atoms with E-state index in [9.17, 15) is 19.2 Å². The Kier molecular flexibility index (Phi) is 13.4. The summed E-state index contributed by atoms with van der Waals surface area (Å²) in [5, 5.41) is 7.98. The van der Waals surface area contributed by atoms with Crippen LogP contribution in [0.15, 0.2) is 97.1 Å². The smallest absolute Gasteiger partial charge is 0.255 e. The van der Waals surface area contributed by atoms with Crippen molar-refractivity contribution in [3.8, 4) is 11.1 Å². The van der Waals surface area contributed by atoms with Gasteiger partial charge in [-0.1, -0.05) is 72.8 Å². The lowest BCUT2D eigenvalue weighted by atomic mass is 9.90. The topological polar surface area (TPSA) is 106 Å². The monoisotopic (exact) mass is 969 g/mol. The number of nitrogens with zero attached hydrogens (tertiary/aromatic N) is 6. The van der Waals surface area contributed by atoms with Crippen molar-refractivity contribution in [2.24, 2.45) is 11.8 Å². The number of morpholine rings is 2. The normalized spacial score (nSPS) is 22.6. The summed E-state index contributed by atoms with van der Waals surface area (Å²) in [7, 11) is 0. The molecule has 0 radical (unpaired) electrons. The number of amides is 4. The number of hydrogen-bond acceptors (Lipinski definition) is 8. The van der Waals surface area contributed by atoms with Crippen molar-refractivity contribution >= 4 is 66.7 Å². The second-order valence-electron chi connectivity index (χ2n) is 21.4. The van der Waals surface area contributed by atoms with Crippen LogP contribution in [0, 0.1) is 11.8 Å².